The minimum Gasteiger partial charge on any atom is -0.384 e. The van der Waals surface area contributed by atoms with Crippen molar-refractivity contribution in [2.75, 3.05) is 18.4 Å². The molecule has 1 aromatic rings. The SMILES string of the molecule is NCCCNc1cc(C(F)(F)F)ccc1Br. The Morgan fingerprint density at radius 2 is 2.00 bits per heavy atom. The predicted molar refractivity (Wildman–Crippen MR) is 61.3 cm³/mol. The van der Waals surface area contributed by atoms with E-state index >= 15 is 0 Å². The van der Waals surface area contributed by atoms with Crippen molar-refractivity contribution in [3.8, 4) is 0 Å². The maximum absolute atomic E-state index is 12.4. The van der Waals surface area contributed by atoms with E-state index in [0.29, 0.717) is 29.7 Å². The molecule has 2 nitrogen and oxygen atoms in total. The highest BCUT2D eigenvalue weighted by atomic mass is 79.9. The normalized spacial score (nSPS) is 11.6. The highest BCUT2D eigenvalue weighted by molar-refractivity contribution is 9.10. The van der Waals surface area contributed by atoms with Crippen LogP contribution in [0, 0.1) is 0 Å². The number of nitrogens with one attached hydrogen (secondary N) is 1. The third-order valence-corrected chi connectivity index (χ3v) is 2.68. The monoisotopic (exact) mass is 296 g/mol. The summed E-state index contributed by atoms with van der Waals surface area (Å²) in [7, 11) is 0. The average molecular weight is 297 g/mol. The Balaban J connectivity index is 2.83. The van der Waals surface area contributed by atoms with Crippen LogP contribution in [0.25, 0.3) is 0 Å². The second-order valence-electron chi connectivity index (χ2n) is 3.26. The molecular weight excluding hydrogens is 285 g/mol. The molecule has 0 spiro atoms. The molecule has 1 aromatic carbocycles. The lowest BCUT2D eigenvalue weighted by molar-refractivity contribution is -0.137. The van der Waals surface area contributed by atoms with Gasteiger partial charge in [-0.1, -0.05) is 0 Å². The van der Waals surface area contributed by atoms with Crippen molar-refractivity contribution in [3.05, 3.63) is 28.2 Å². The highest BCUT2D eigenvalue weighted by Gasteiger charge is 2.30. The van der Waals surface area contributed by atoms with Gasteiger partial charge in [0.15, 0.2) is 0 Å². The van der Waals surface area contributed by atoms with Gasteiger partial charge in [-0.15, -0.1) is 0 Å². The molecule has 0 radical (unpaired) electrons. The zero-order valence-electron chi connectivity index (χ0n) is 8.44. The van der Waals surface area contributed by atoms with Crippen molar-refractivity contribution in [1.29, 1.82) is 0 Å². The number of benzene rings is 1. The Bertz CT molecular complexity index is 352. The molecule has 16 heavy (non-hydrogen) atoms. The highest BCUT2D eigenvalue weighted by Crippen LogP contribution is 2.33. The van der Waals surface area contributed by atoms with E-state index in [1.165, 1.54) is 6.07 Å². The van der Waals surface area contributed by atoms with E-state index in [1.807, 2.05) is 0 Å². The van der Waals surface area contributed by atoms with Crippen LogP contribution in [-0.4, -0.2) is 13.1 Å². The zero-order valence-corrected chi connectivity index (χ0v) is 10.0. The largest absolute Gasteiger partial charge is 0.416 e. The van der Waals surface area contributed by atoms with Gasteiger partial charge >= 0.3 is 6.18 Å². The van der Waals surface area contributed by atoms with Crippen molar-refractivity contribution in [3.63, 3.8) is 0 Å². The van der Waals surface area contributed by atoms with Gasteiger partial charge in [-0.2, -0.15) is 13.2 Å². The fourth-order valence-corrected chi connectivity index (χ4v) is 1.55. The summed E-state index contributed by atoms with van der Waals surface area (Å²) in [5.41, 5.74) is 5.07. The lowest BCUT2D eigenvalue weighted by atomic mass is 10.2. The van der Waals surface area contributed by atoms with Gasteiger partial charge in [0.2, 0.25) is 0 Å². The molecular formula is C10H12BrF3N2. The van der Waals surface area contributed by atoms with Crippen LogP contribution in [0.3, 0.4) is 0 Å². The second-order valence-corrected chi connectivity index (χ2v) is 4.12. The van der Waals surface area contributed by atoms with Crippen molar-refractivity contribution >= 4 is 21.6 Å². The van der Waals surface area contributed by atoms with E-state index in [1.54, 1.807) is 0 Å². The molecule has 0 unspecified atom stereocenters. The summed E-state index contributed by atoms with van der Waals surface area (Å²) in [6.07, 6.45) is -3.60. The average Bonchev–Trinajstić information content (AvgIpc) is 2.19. The fourth-order valence-electron chi connectivity index (χ4n) is 1.16. The van der Waals surface area contributed by atoms with Gasteiger partial charge in [0.05, 0.1) is 5.56 Å². The summed E-state index contributed by atoms with van der Waals surface area (Å²) in [5, 5.41) is 2.90. The van der Waals surface area contributed by atoms with Crippen LogP contribution in [0.2, 0.25) is 0 Å². The number of rotatable bonds is 4. The smallest absolute Gasteiger partial charge is 0.384 e. The molecule has 0 fully saturated rings. The Hall–Kier alpha value is -0.750. The van der Waals surface area contributed by atoms with Crippen LogP contribution in [0.15, 0.2) is 22.7 Å². The third kappa shape index (κ3) is 3.68. The number of hydrogen-bond donors (Lipinski definition) is 2. The Kier molecular flexibility index (Phi) is 4.61. The van der Waals surface area contributed by atoms with Gasteiger partial charge < -0.3 is 11.1 Å². The van der Waals surface area contributed by atoms with Gasteiger partial charge in [0.1, 0.15) is 0 Å². The Labute approximate surface area is 100 Å². The van der Waals surface area contributed by atoms with Gasteiger partial charge in [-0.3, -0.25) is 0 Å². The number of halogens is 4. The van der Waals surface area contributed by atoms with Crippen LogP contribution in [0.1, 0.15) is 12.0 Å². The lowest BCUT2D eigenvalue weighted by Crippen LogP contribution is -2.10. The molecule has 0 bridgehead atoms. The molecule has 0 aliphatic carbocycles. The first-order chi connectivity index (χ1) is 7.45. The molecule has 3 N–H and O–H groups in total. The van der Waals surface area contributed by atoms with E-state index in [2.05, 4.69) is 21.2 Å². The summed E-state index contributed by atoms with van der Waals surface area (Å²) in [5.74, 6) is 0. The topological polar surface area (TPSA) is 38.0 Å². The molecule has 0 aliphatic rings. The molecule has 0 heterocycles. The predicted octanol–water partition coefficient (Wildman–Crippen LogP) is 3.23. The van der Waals surface area contributed by atoms with Gasteiger partial charge in [-0.25, -0.2) is 0 Å². The molecule has 90 valence electrons. The quantitative estimate of drug-likeness (QED) is 0.837. The first kappa shape index (κ1) is 13.3. The number of alkyl halides is 3. The summed E-state index contributed by atoms with van der Waals surface area (Å²) in [4.78, 5) is 0. The van der Waals surface area contributed by atoms with Crippen molar-refractivity contribution in [1.82, 2.24) is 0 Å². The van der Waals surface area contributed by atoms with Crippen LogP contribution in [-0.2, 0) is 6.18 Å². The Morgan fingerprint density at radius 3 is 2.56 bits per heavy atom. The first-order valence-corrected chi connectivity index (χ1v) is 5.55. The molecule has 1 rings (SSSR count). The second kappa shape index (κ2) is 5.54. The molecule has 6 heteroatoms. The van der Waals surface area contributed by atoms with E-state index in [9.17, 15) is 13.2 Å². The summed E-state index contributed by atoms with van der Waals surface area (Å²) < 4.78 is 37.9. The van der Waals surface area contributed by atoms with Crippen LogP contribution in [0.5, 0.6) is 0 Å². The molecule has 0 atom stereocenters. The van der Waals surface area contributed by atoms with Crippen LogP contribution < -0.4 is 11.1 Å². The van der Waals surface area contributed by atoms with Crippen molar-refractivity contribution < 1.29 is 13.2 Å². The molecule has 0 saturated carbocycles. The van der Waals surface area contributed by atoms with Gasteiger partial charge in [-0.05, 0) is 47.1 Å². The van der Waals surface area contributed by atoms with Gasteiger partial charge in [0.25, 0.3) is 0 Å². The summed E-state index contributed by atoms with van der Waals surface area (Å²) in [6.45, 7) is 1.06. The van der Waals surface area contributed by atoms with E-state index in [-0.39, 0.29) is 0 Å². The van der Waals surface area contributed by atoms with E-state index in [4.69, 9.17) is 5.73 Å². The number of nitrogens with two attached hydrogens (primary N) is 1. The minimum atomic E-state index is -4.31. The molecule has 0 amide bonds. The number of anilines is 1. The Morgan fingerprint density at radius 1 is 1.31 bits per heavy atom. The maximum Gasteiger partial charge on any atom is 0.416 e. The lowest BCUT2D eigenvalue weighted by Gasteiger charge is -2.12. The number of hydrogen-bond acceptors (Lipinski definition) is 2. The summed E-state index contributed by atoms with van der Waals surface area (Å²) >= 11 is 3.19. The van der Waals surface area contributed by atoms with Crippen molar-refractivity contribution in [2.45, 2.75) is 12.6 Å². The van der Waals surface area contributed by atoms with E-state index in [0.717, 1.165) is 12.1 Å². The molecule has 0 aromatic heterocycles. The van der Waals surface area contributed by atoms with E-state index < -0.39 is 11.7 Å². The van der Waals surface area contributed by atoms with Crippen LogP contribution >= 0.6 is 15.9 Å². The molecule has 0 saturated heterocycles. The third-order valence-electron chi connectivity index (χ3n) is 1.99. The first-order valence-electron chi connectivity index (χ1n) is 4.76. The maximum atomic E-state index is 12.4. The standard InChI is InChI=1S/C10H12BrF3N2/c11-8-3-2-7(10(12,13)14)6-9(8)16-5-1-4-15/h2-3,6,16H,1,4-5,15H2. The van der Waals surface area contributed by atoms with Crippen molar-refractivity contribution in [2.24, 2.45) is 5.73 Å². The summed E-state index contributed by atoms with van der Waals surface area (Å²) in [6, 6.07) is 3.51. The fraction of sp³-hybridized carbons (Fsp3) is 0.400. The minimum absolute atomic E-state index is 0.434. The molecule has 0 aliphatic heterocycles. The van der Waals surface area contributed by atoms with Crippen LogP contribution in [0.4, 0.5) is 18.9 Å². The van der Waals surface area contributed by atoms with Gasteiger partial charge in [0, 0.05) is 16.7 Å². The zero-order chi connectivity index (χ0) is 12.2.